The van der Waals surface area contributed by atoms with Gasteiger partial charge in [-0.3, -0.25) is 19.2 Å². The zero-order chi connectivity index (χ0) is 16.7. The van der Waals surface area contributed by atoms with E-state index in [4.69, 9.17) is 0 Å². The zero-order valence-electron chi connectivity index (χ0n) is 12.7. The van der Waals surface area contributed by atoms with Gasteiger partial charge in [-0.15, -0.1) is 0 Å². The predicted molar refractivity (Wildman–Crippen MR) is 83.3 cm³/mol. The van der Waals surface area contributed by atoms with Gasteiger partial charge in [0.1, 0.15) is 0 Å². The number of hydrogen-bond donors (Lipinski definition) is 0. The van der Waals surface area contributed by atoms with E-state index in [0.717, 1.165) is 10.5 Å². The average molecular weight is 299 g/mol. The second-order valence-electron chi connectivity index (χ2n) is 4.74. The van der Waals surface area contributed by atoms with Crippen molar-refractivity contribution in [2.75, 3.05) is 4.90 Å². The molecule has 1 aromatic rings. The summed E-state index contributed by atoms with van der Waals surface area (Å²) in [5, 5.41) is 0. The third kappa shape index (κ3) is 5.28. The summed E-state index contributed by atoms with van der Waals surface area (Å²) in [5.74, 6) is -0.749. The monoisotopic (exact) mass is 299 g/mol. The van der Waals surface area contributed by atoms with Crippen LogP contribution in [0.5, 0.6) is 0 Å². The smallest absolute Gasteiger partial charge is 0.258 e. The van der Waals surface area contributed by atoms with Gasteiger partial charge in [0.25, 0.3) is 11.8 Å². The molecule has 0 aromatic heterocycles. The lowest BCUT2D eigenvalue weighted by molar-refractivity contribution is -0.120. The minimum Gasteiger partial charge on any atom is -0.295 e. The second kappa shape index (κ2) is 7.83. The topological polar surface area (TPSA) is 71.5 Å². The standard InChI is InChI=1S/C11H9NO2.C6H8O2/c1-8-3-2-4-9(7-8)12-10(13)5-6-11(12)14;1-5(7)3-4-6(2)8/h2-7H,1H3;3-4H,1-2H3/b;4-3-. The van der Waals surface area contributed by atoms with E-state index in [1.807, 2.05) is 25.1 Å². The minimum atomic E-state index is -0.277. The highest BCUT2D eigenvalue weighted by Gasteiger charge is 2.24. The first-order chi connectivity index (χ1) is 10.3. The van der Waals surface area contributed by atoms with Crippen LogP contribution in [0.4, 0.5) is 5.69 Å². The highest BCUT2D eigenvalue weighted by atomic mass is 16.2. The van der Waals surface area contributed by atoms with Crippen molar-refractivity contribution in [2.24, 2.45) is 0 Å². The van der Waals surface area contributed by atoms with E-state index in [1.165, 1.54) is 38.2 Å². The first kappa shape index (κ1) is 17.2. The van der Waals surface area contributed by atoms with Crippen LogP contribution in [0.3, 0.4) is 0 Å². The van der Waals surface area contributed by atoms with Crippen LogP contribution in [0.1, 0.15) is 19.4 Å². The fourth-order valence-corrected chi connectivity index (χ4v) is 1.66. The number of rotatable bonds is 3. The number of benzene rings is 1. The van der Waals surface area contributed by atoms with E-state index >= 15 is 0 Å². The molecular formula is C17H17NO4. The Labute approximate surface area is 128 Å². The van der Waals surface area contributed by atoms with Crippen LogP contribution in [0.25, 0.3) is 0 Å². The fourth-order valence-electron chi connectivity index (χ4n) is 1.66. The second-order valence-corrected chi connectivity index (χ2v) is 4.74. The molecule has 1 aliphatic heterocycles. The lowest BCUT2D eigenvalue weighted by Gasteiger charge is -2.13. The summed E-state index contributed by atoms with van der Waals surface area (Å²) in [6.07, 6.45) is 5.07. The molecule has 0 fully saturated rings. The van der Waals surface area contributed by atoms with Crippen LogP contribution >= 0.6 is 0 Å². The van der Waals surface area contributed by atoms with E-state index in [9.17, 15) is 19.2 Å². The lowest BCUT2D eigenvalue weighted by atomic mass is 10.2. The van der Waals surface area contributed by atoms with Crippen molar-refractivity contribution in [1.82, 2.24) is 0 Å². The summed E-state index contributed by atoms with van der Waals surface area (Å²) in [5.41, 5.74) is 1.65. The molecule has 22 heavy (non-hydrogen) atoms. The molecule has 0 atom stereocenters. The molecule has 0 spiro atoms. The maximum atomic E-state index is 11.3. The largest absolute Gasteiger partial charge is 0.295 e. The van der Waals surface area contributed by atoms with Crippen LogP contribution in [0.2, 0.25) is 0 Å². The third-order valence-corrected chi connectivity index (χ3v) is 2.62. The lowest BCUT2D eigenvalue weighted by Crippen LogP contribution is -2.29. The van der Waals surface area contributed by atoms with E-state index in [0.29, 0.717) is 5.69 Å². The van der Waals surface area contributed by atoms with Crippen LogP contribution < -0.4 is 4.90 Å². The Morgan fingerprint density at radius 1 is 0.955 bits per heavy atom. The van der Waals surface area contributed by atoms with Crippen molar-refractivity contribution in [3.63, 3.8) is 0 Å². The molecule has 1 heterocycles. The van der Waals surface area contributed by atoms with Gasteiger partial charge in [-0.2, -0.15) is 0 Å². The van der Waals surface area contributed by atoms with E-state index < -0.39 is 0 Å². The molecular weight excluding hydrogens is 282 g/mol. The Morgan fingerprint density at radius 2 is 1.45 bits per heavy atom. The molecule has 0 radical (unpaired) electrons. The molecule has 2 amide bonds. The van der Waals surface area contributed by atoms with Gasteiger partial charge in [-0.05, 0) is 50.6 Å². The summed E-state index contributed by atoms with van der Waals surface area (Å²) in [6, 6.07) is 7.30. The van der Waals surface area contributed by atoms with Crippen molar-refractivity contribution in [1.29, 1.82) is 0 Å². The number of hydrogen-bond acceptors (Lipinski definition) is 4. The molecule has 0 bridgehead atoms. The van der Waals surface area contributed by atoms with Gasteiger partial charge in [0.15, 0.2) is 11.6 Å². The molecule has 114 valence electrons. The normalized spacial score (nSPS) is 13.3. The molecule has 0 N–H and O–H groups in total. The third-order valence-electron chi connectivity index (χ3n) is 2.62. The number of aryl methyl sites for hydroxylation is 1. The molecule has 0 saturated carbocycles. The van der Waals surface area contributed by atoms with Crippen molar-refractivity contribution in [3.8, 4) is 0 Å². The highest BCUT2D eigenvalue weighted by Crippen LogP contribution is 2.19. The average Bonchev–Trinajstić information content (AvgIpc) is 2.76. The van der Waals surface area contributed by atoms with Gasteiger partial charge >= 0.3 is 0 Å². The fraction of sp³-hybridized carbons (Fsp3) is 0.176. The Balaban J connectivity index is 0.000000261. The number of anilines is 1. The van der Waals surface area contributed by atoms with Crippen molar-refractivity contribution < 1.29 is 19.2 Å². The first-order valence-corrected chi connectivity index (χ1v) is 6.63. The molecule has 5 heteroatoms. The van der Waals surface area contributed by atoms with Crippen molar-refractivity contribution in [2.45, 2.75) is 20.8 Å². The number of carbonyl (C=O) groups excluding carboxylic acids is 4. The zero-order valence-corrected chi connectivity index (χ0v) is 12.7. The van der Waals surface area contributed by atoms with Gasteiger partial charge in [-0.1, -0.05) is 12.1 Å². The summed E-state index contributed by atoms with van der Waals surface area (Å²) < 4.78 is 0. The summed E-state index contributed by atoms with van der Waals surface area (Å²) in [4.78, 5) is 44.0. The van der Waals surface area contributed by atoms with Crippen molar-refractivity contribution >= 4 is 29.1 Å². The Morgan fingerprint density at radius 3 is 1.86 bits per heavy atom. The van der Waals surface area contributed by atoms with Gasteiger partial charge in [-0.25, -0.2) is 4.90 Å². The van der Waals surface area contributed by atoms with E-state index in [2.05, 4.69) is 0 Å². The molecule has 0 saturated heterocycles. The Hall–Kier alpha value is -2.82. The number of allylic oxidation sites excluding steroid dienone is 2. The minimum absolute atomic E-state index is 0.0970. The summed E-state index contributed by atoms with van der Waals surface area (Å²) >= 11 is 0. The highest BCUT2D eigenvalue weighted by molar-refractivity contribution is 6.28. The molecule has 0 aliphatic carbocycles. The van der Waals surface area contributed by atoms with E-state index in [-0.39, 0.29) is 23.4 Å². The number of nitrogens with zero attached hydrogens (tertiary/aromatic N) is 1. The van der Waals surface area contributed by atoms with Gasteiger partial charge in [0.2, 0.25) is 0 Å². The molecule has 5 nitrogen and oxygen atoms in total. The summed E-state index contributed by atoms with van der Waals surface area (Å²) in [6.45, 7) is 4.72. The van der Waals surface area contributed by atoms with Crippen LogP contribution in [-0.2, 0) is 19.2 Å². The number of ketones is 2. The maximum absolute atomic E-state index is 11.3. The van der Waals surface area contributed by atoms with Gasteiger partial charge in [0.05, 0.1) is 5.69 Å². The van der Waals surface area contributed by atoms with Gasteiger partial charge in [0, 0.05) is 12.2 Å². The number of carbonyl (C=O) groups is 4. The van der Waals surface area contributed by atoms with Crippen LogP contribution in [0, 0.1) is 6.92 Å². The quantitative estimate of drug-likeness (QED) is 0.633. The SMILES string of the molecule is CC(=O)/C=C\C(C)=O.Cc1cccc(N2C(=O)C=CC2=O)c1. The Kier molecular flexibility index (Phi) is 6.13. The van der Waals surface area contributed by atoms with Crippen molar-refractivity contribution in [3.05, 3.63) is 54.1 Å². The molecule has 1 aliphatic rings. The summed E-state index contributed by atoms with van der Waals surface area (Å²) in [7, 11) is 0. The maximum Gasteiger partial charge on any atom is 0.258 e. The molecule has 2 rings (SSSR count). The van der Waals surface area contributed by atoms with Crippen LogP contribution in [0.15, 0.2) is 48.6 Å². The van der Waals surface area contributed by atoms with Gasteiger partial charge < -0.3 is 0 Å². The molecule has 1 aromatic carbocycles. The molecule has 0 unspecified atom stereocenters. The van der Waals surface area contributed by atoms with Crippen LogP contribution in [-0.4, -0.2) is 23.4 Å². The van der Waals surface area contributed by atoms with E-state index in [1.54, 1.807) is 6.07 Å². The number of amides is 2. The number of imide groups is 1. The predicted octanol–water partition coefficient (Wildman–Crippen LogP) is 2.15. The first-order valence-electron chi connectivity index (χ1n) is 6.63. The Bertz CT molecular complexity index is 637.